The lowest BCUT2D eigenvalue weighted by Gasteiger charge is -2.02. The minimum absolute atomic E-state index is 0.709. The number of thioether (sulfide) groups is 1. The fourth-order valence-corrected chi connectivity index (χ4v) is 1.96. The Kier molecular flexibility index (Phi) is 4.61. The molecule has 2 heteroatoms. The Morgan fingerprint density at radius 1 is 1.38 bits per heavy atom. The molecule has 0 saturated heterocycles. The lowest BCUT2D eigenvalue weighted by molar-refractivity contribution is 0.708. The Morgan fingerprint density at radius 2 is 2.08 bits per heavy atom. The van der Waals surface area contributed by atoms with Crippen LogP contribution in [0.3, 0.4) is 0 Å². The third kappa shape index (κ3) is 3.64. The molecule has 0 aliphatic heterocycles. The highest BCUT2D eigenvalue weighted by atomic mass is 32.2. The van der Waals surface area contributed by atoms with Crippen molar-refractivity contribution in [2.24, 2.45) is 0 Å². The van der Waals surface area contributed by atoms with Crippen LogP contribution in [0.2, 0.25) is 0 Å². The maximum absolute atomic E-state index is 12.3. The molecular weight excluding hydrogens is 183 g/mol. The average Bonchev–Trinajstić information content (AvgIpc) is 2.19. The summed E-state index contributed by atoms with van der Waals surface area (Å²) in [6, 6.07) is 9.87. The zero-order valence-corrected chi connectivity index (χ0v) is 8.48. The van der Waals surface area contributed by atoms with Gasteiger partial charge in [-0.3, -0.25) is 0 Å². The molecule has 0 bridgehead atoms. The van der Waals surface area contributed by atoms with Gasteiger partial charge >= 0.3 is 0 Å². The summed E-state index contributed by atoms with van der Waals surface area (Å²) in [5.41, 5.74) is 0. The number of rotatable bonds is 4. The minimum Gasteiger partial charge on any atom is -0.215 e. The van der Waals surface area contributed by atoms with Gasteiger partial charge in [0.1, 0.15) is 0 Å². The van der Waals surface area contributed by atoms with Crippen molar-refractivity contribution >= 4 is 11.8 Å². The van der Waals surface area contributed by atoms with E-state index in [1.807, 2.05) is 30.3 Å². The van der Waals surface area contributed by atoms with Crippen molar-refractivity contribution in [1.29, 1.82) is 0 Å². The Morgan fingerprint density at radius 3 is 2.62 bits per heavy atom. The molecule has 1 aromatic carbocycles. The molecule has 13 heavy (non-hydrogen) atoms. The summed E-state index contributed by atoms with van der Waals surface area (Å²) >= 11 is 1.50. The summed E-state index contributed by atoms with van der Waals surface area (Å²) in [5.74, 6) is 0. The predicted octanol–water partition coefficient (Wildman–Crippen LogP) is 4.39. The summed E-state index contributed by atoms with van der Waals surface area (Å²) in [5, 5.41) is 0. The molecule has 0 unspecified atom stereocenters. The molecule has 0 aliphatic carbocycles. The molecule has 0 N–H and O–H groups in total. The number of allylic oxidation sites excluding steroid dienone is 1. The summed E-state index contributed by atoms with van der Waals surface area (Å²) in [6.07, 6.45) is 2.51. The standard InChI is InChI=1S/C11H13FS/c1-2-6-11(9-12)13-10-7-4-3-5-8-10/h3-5,7-9H,2,6H2,1H3/b11-9-. The predicted molar refractivity (Wildman–Crippen MR) is 56.4 cm³/mol. The van der Waals surface area contributed by atoms with E-state index in [9.17, 15) is 4.39 Å². The van der Waals surface area contributed by atoms with Crippen LogP contribution in [0.4, 0.5) is 4.39 Å². The van der Waals surface area contributed by atoms with E-state index < -0.39 is 0 Å². The van der Waals surface area contributed by atoms with Gasteiger partial charge in [0.2, 0.25) is 0 Å². The van der Waals surface area contributed by atoms with Crippen LogP contribution in [0.15, 0.2) is 46.5 Å². The molecule has 0 nitrogen and oxygen atoms in total. The highest BCUT2D eigenvalue weighted by Gasteiger charge is 1.98. The van der Waals surface area contributed by atoms with Gasteiger partial charge in [0.15, 0.2) is 0 Å². The molecular formula is C11H13FS. The molecule has 0 atom stereocenters. The first-order valence-corrected chi connectivity index (χ1v) is 5.20. The van der Waals surface area contributed by atoms with Gasteiger partial charge in [-0.15, -0.1) is 0 Å². The molecule has 0 aromatic heterocycles. The lowest BCUT2D eigenvalue weighted by Crippen LogP contribution is -1.76. The smallest absolute Gasteiger partial charge is 0.0965 e. The molecule has 0 amide bonds. The van der Waals surface area contributed by atoms with Crippen molar-refractivity contribution in [1.82, 2.24) is 0 Å². The van der Waals surface area contributed by atoms with Gasteiger partial charge < -0.3 is 0 Å². The van der Waals surface area contributed by atoms with Gasteiger partial charge in [-0.25, -0.2) is 4.39 Å². The Balaban J connectivity index is 2.58. The van der Waals surface area contributed by atoms with Crippen LogP contribution in [0.1, 0.15) is 19.8 Å². The van der Waals surface area contributed by atoms with E-state index in [0.717, 1.165) is 22.6 Å². The molecule has 0 saturated carbocycles. The summed E-state index contributed by atoms with van der Waals surface area (Å²) in [7, 11) is 0. The number of hydrogen-bond acceptors (Lipinski definition) is 1. The first-order valence-electron chi connectivity index (χ1n) is 4.39. The van der Waals surface area contributed by atoms with Crippen LogP contribution < -0.4 is 0 Å². The summed E-state index contributed by atoms with van der Waals surface area (Å²) in [6.45, 7) is 2.05. The fourth-order valence-electron chi connectivity index (χ4n) is 1.01. The van der Waals surface area contributed by atoms with Crippen LogP contribution in [0.5, 0.6) is 0 Å². The van der Waals surface area contributed by atoms with E-state index in [-0.39, 0.29) is 0 Å². The lowest BCUT2D eigenvalue weighted by atomic mass is 10.3. The topological polar surface area (TPSA) is 0 Å². The van der Waals surface area contributed by atoms with Gasteiger partial charge in [0, 0.05) is 9.80 Å². The van der Waals surface area contributed by atoms with Crippen LogP contribution >= 0.6 is 11.8 Å². The molecule has 1 aromatic rings. The van der Waals surface area contributed by atoms with Crippen LogP contribution in [-0.2, 0) is 0 Å². The fraction of sp³-hybridized carbons (Fsp3) is 0.273. The average molecular weight is 196 g/mol. The van der Waals surface area contributed by atoms with Gasteiger partial charge in [0.25, 0.3) is 0 Å². The molecule has 70 valence electrons. The maximum atomic E-state index is 12.3. The normalized spacial score (nSPS) is 11.7. The number of hydrogen-bond donors (Lipinski definition) is 0. The van der Waals surface area contributed by atoms with E-state index in [4.69, 9.17) is 0 Å². The third-order valence-corrected chi connectivity index (χ3v) is 2.67. The molecule has 0 aliphatic rings. The summed E-state index contributed by atoms with van der Waals surface area (Å²) < 4.78 is 12.3. The van der Waals surface area contributed by atoms with Gasteiger partial charge in [0.05, 0.1) is 6.33 Å². The van der Waals surface area contributed by atoms with Crippen molar-refractivity contribution in [3.63, 3.8) is 0 Å². The first-order chi connectivity index (χ1) is 6.36. The van der Waals surface area contributed by atoms with Crippen molar-refractivity contribution < 1.29 is 4.39 Å². The largest absolute Gasteiger partial charge is 0.215 e. The number of benzene rings is 1. The van der Waals surface area contributed by atoms with E-state index in [2.05, 4.69) is 6.92 Å². The van der Waals surface area contributed by atoms with E-state index in [1.54, 1.807) is 0 Å². The zero-order chi connectivity index (χ0) is 9.52. The Labute approximate surface area is 82.9 Å². The second-order valence-electron chi connectivity index (χ2n) is 2.74. The zero-order valence-electron chi connectivity index (χ0n) is 7.66. The second kappa shape index (κ2) is 5.81. The summed E-state index contributed by atoms with van der Waals surface area (Å²) in [4.78, 5) is 1.90. The SMILES string of the molecule is CCC/C(=C/F)Sc1ccccc1. The second-order valence-corrected chi connectivity index (χ2v) is 3.94. The van der Waals surface area contributed by atoms with Crippen LogP contribution in [0, 0.1) is 0 Å². The molecule has 0 spiro atoms. The molecule has 0 fully saturated rings. The first kappa shape index (κ1) is 10.3. The van der Waals surface area contributed by atoms with Crippen molar-refractivity contribution in [2.75, 3.05) is 0 Å². The Hall–Kier alpha value is -0.760. The van der Waals surface area contributed by atoms with Crippen LogP contribution in [0.25, 0.3) is 0 Å². The molecule has 0 radical (unpaired) electrons. The van der Waals surface area contributed by atoms with E-state index >= 15 is 0 Å². The minimum atomic E-state index is 0.709. The Bertz CT molecular complexity index is 267. The number of halogens is 1. The van der Waals surface area contributed by atoms with Crippen LogP contribution in [-0.4, -0.2) is 0 Å². The van der Waals surface area contributed by atoms with Crippen molar-refractivity contribution in [3.8, 4) is 0 Å². The van der Waals surface area contributed by atoms with Crippen molar-refractivity contribution in [3.05, 3.63) is 41.6 Å². The highest BCUT2D eigenvalue weighted by Crippen LogP contribution is 2.29. The van der Waals surface area contributed by atoms with Gasteiger partial charge in [-0.1, -0.05) is 43.3 Å². The van der Waals surface area contributed by atoms with Gasteiger partial charge in [-0.2, -0.15) is 0 Å². The van der Waals surface area contributed by atoms with E-state index in [1.165, 1.54) is 11.8 Å². The monoisotopic (exact) mass is 196 g/mol. The van der Waals surface area contributed by atoms with Crippen molar-refractivity contribution in [2.45, 2.75) is 24.7 Å². The highest BCUT2D eigenvalue weighted by molar-refractivity contribution is 8.03. The third-order valence-electron chi connectivity index (χ3n) is 1.61. The van der Waals surface area contributed by atoms with E-state index in [0.29, 0.717) is 6.33 Å². The quantitative estimate of drug-likeness (QED) is 0.643. The van der Waals surface area contributed by atoms with Gasteiger partial charge in [-0.05, 0) is 18.6 Å². The molecule has 0 heterocycles. The molecule has 1 rings (SSSR count). The maximum Gasteiger partial charge on any atom is 0.0965 e.